The first-order valence-electron chi connectivity index (χ1n) is 5.25. The maximum atomic E-state index is 11.6. The number of nitrogens with two attached hydrogens (primary N) is 1. The van der Waals surface area contributed by atoms with E-state index in [-0.39, 0.29) is 17.5 Å². The van der Waals surface area contributed by atoms with Gasteiger partial charge in [0, 0.05) is 37.5 Å². The molecule has 0 aliphatic heterocycles. The molecule has 0 bridgehead atoms. The molecule has 1 atom stereocenters. The van der Waals surface area contributed by atoms with Crippen molar-refractivity contribution in [2.75, 3.05) is 6.54 Å². The van der Waals surface area contributed by atoms with Crippen molar-refractivity contribution in [2.45, 2.75) is 19.4 Å². The normalized spacial score (nSPS) is 12.2. The van der Waals surface area contributed by atoms with E-state index in [4.69, 9.17) is 5.73 Å². The molecule has 0 radical (unpaired) electrons. The Labute approximate surface area is 94.3 Å². The summed E-state index contributed by atoms with van der Waals surface area (Å²) in [6, 6.07) is 2.87. The first-order chi connectivity index (χ1) is 7.54. The Morgan fingerprint density at radius 2 is 2.31 bits per heavy atom. The van der Waals surface area contributed by atoms with Crippen LogP contribution in [0.15, 0.2) is 23.1 Å². The van der Waals surface area contributed by atoms with Crippen molar-refractivity contribution in [2.24, 2.45) is 12.8 Å². The second-order valence-corrected chi connectivity index (χ2v) is 3.74. The zero-order valence-corrected chi connectivity index (χ0v) is 9.56. The van der Waals surface area contributed by atoms with Crippen LogP contribution in [0.4, 0.5) is 0 Å². The van der Waals surface area contributed by atoms with Crippen LogP contribution >= 0.6 is 0 Å². The Balaban J connectivity index is 2.67. The van der Waals surface area contributed by atoms with Crippen LogP contribution in [0.25, 0.3) is 0 Å². The van der Waals surface area contributed by atoms with Crippen molar-refractivity contribution < 1.29 is 4.79 Å². The third-order valence-corrected chi connectivity index (χ3v) is 2.42. The van der Waals surface area contributed by atoms with Crippen LogP contribution in [0.3, 0.4) is 0 Å². The van der Waals surface area contributed by atoms with Gasteiger partial charge < -0.3 is 15.6 Å². The SMILES string of the molecule is CCC(N)CNC(=O)c1ccn(C)c(=O)c1. The second kappa shape index (κ2) is 5.46. The van der Waals surface area contributed by atoms with Crippen LogP contribution in [0.5, 0.6) is 0 Å². The molecule has 5 nitrogen and oxygen atoms in total. The molecule has 0 aliphatic carbocycles. The Bertz CT molecular complexity index is 425. The van der Waals surface area contributed by atoms with Gasteiger partial charge in [-0.3, -0.25) is 9.59 Å². The number of rotatable bonds is 4. The lowest BCUT2D eigenvalue weighted by atomic mass is 10.2. The molecule has 1 heterocycles. The number of nitrogens with one attached hydrogen (secondary N) is 1. The highest BCUT2D eigenvalue weighted by Gasteiger charge is 2.07. The molecule has 1 amide bonds. The lowest BCUT2D eigenvalue weighted by Crippen LogP contribution is -2.37. The molecule has 1 rings (SSSR count). The number of carbonyl (C=O) groups is 1. The van der Waals surface area contributed by atoms with Gasteiger partial charge in [-0.05, 0) is 12.5 Å². The second-order valence-electron chi connectivity index (χ2n) is 3.74. The molecular weight excluding hydrogens is 206 g/mol. The number of nitrogens with zero attached hydrogens (tertiary/aromatic N) is 1. The summed E-state index contributed by atoms with van der Waals surface area (Å²) in [6.07, 6.45) is 2.37. The highest BCUT2D eigenvalue weighted by Crippen LogP contribution is 1.94. The summed E-state index contributed by atoms with van der Waals surface area (Å²) in [7, 11) is 1.64. The van der Waals surface area contributed by atoms with E-state index in [9.17, 15) is 9.59 Å². The van der Waals surface area contributed by atoms with Gasteiger partial charge in [0.1, 0.15) is 0 Å². The van der Waals surface area contributed by atoms with Gasteiger partial charge in [0.25, 0.3) is 11.5 Å². The molecule has 3 N–H and O–H groups in total. The van der Waals surface area contributed by atoms with Gasteiger partial charge in [-0.15, -0.1) is 0 Å². The number of hydrogen-bond acceptors (Lipinski definition) is 3. The minimum atomic E-state index is -0.262. The van der Waals surface area contributed by atoms with Crippen LogP contribution in [-0.2, 0) is 7.05 Å². The molecule has 1 aromatic rings. The van der Waals surface area contributed by atoms with E-state index in [1.54, 1.807) is 19.3 Å². The zero-order valence-electron chi connectivity index (χ0n) is 9.56. The highest BCUT2D eigenvalue weighted by atomic mass is 16.2. The fraction of sp³-hybridized carbons (Fsp3) is 0.455. The summed E-state index contributed by atoms with van der Waals surface area (Å²) in [5.41, 5.74) is 5.84. The lowest BCUT2D eigenvalue weighted by Gasteiger charge is -2.10. The van der Waals surface area contributed by atoms with Gasteiger partial charge >= 0.3 is 0 Å². The monoisotopic (exact) mass is 223 g/mol. The lowest BCUT2D eigenvalue weighted by molar-refractivity contribution is 0.0950. The summed E-state index contributed by atoms with van der Waals surface area (Å²) in [4.78, 5) is 22.9. The fourth-order valence-electron chi connectivity index (χ4n) is 1.16. The quantitative estimate of drug-likeness (QED) is 0.745. The minimum absolute atomic E-state index is 0.0458. The molecule has 16 heavy (non-hydrogen) atoms. The first-order valence-corrected chi connectivity index (χ1v) is 5.25. The molecule has 0 spiro atoms. The van der Waals surface area contributed by atoms with Gasteiger partial charge in [-0.25, -0.2) is 0 Å². The van der Waals surface area contributed by atoms with Crippen LogP contribution in [0.1, 0.15) is 23.7 Å². The van der Waals surface area contributed by atoms with E-state index in [1.807, 2.05) is 6.92 Å². The van der Waals surface area contributed by atoms with E-state index < -0.39 is 0 Å². The maximum Gasteiger partial charge on any atom is 0.251 e. The summed E-state index contributed by atoms with van der Waals surface area (Å²) >= 11 is 0. The standard InChI is InChI=1S/C11H17N3O2/c1-3-9(12)7-13-11(16)8-4-5-14(2)10(15)6-8/h4-6,9H,3,7,12H2,1-2H3,(H,13,16). The molecule has 1 aromatic heterocycles. The highest BCUT2D eigenvalue weighted by molar-refractivity contribution is 5.93. The van der Waals surface area contributed by atoms with E-state index in [0.29, 0.717) is 12.1 Å². The Hall–Kier alpha value is -1.62. The van der Waals surface area contributed by atoms with Crippen molar-refractivity contribution >= 4 is 5.91 Å². The van der Waals surface area contributed by atoms with Gasteiger partial charge in [0.2, 0.25) is 0 Å². The van der Waals surface area contributed by atoms with Crippen LogP contribution < -0.4 is 16.6 Å². The van der Waals surface area contributed by atoms with Crippen molar-refractivity contribution in [3.63, 3.8) is 0 Å². The predicted molar refractivity (Wildman–Crippen MR) is 62.3 cm³/mol. The van der Waals surface area contributed by atoms with Crippen molar-refractivity contribution in [3.05, 3.63) is 34.2 Å². The number of aromatic nitrogens is 1. The smallest absolute Gasteiger partial charge is 0.251 e. The number of carbonyl (C=O) groups excluding carboxylic acids is 1. The van der Waals surface area contributed by atoms with Gasteiger partial charge in [0.05, 0.1) is 0 Å². The summed E-state index contributed by atoms with van der Waals surface area (Å²) in [5.74, 6) is -0.262. The van der Waals surface area contributed by atoms with E-state index in [1.165, 1.54) is 10.6 Å². The Morgan fingerprint density at radius 1 is 1.62 bits per heavy atom. The van der Waals surface area contributed by atoms with Gasteiger partial charge in [0.15, 0.2) is 0 Å². The summed E-state index contributed by atoms with van der Waals surface area (Å²) < 4.78 is 1.41. The molecule has 0 fully saturated rings. The average molecular weight is 223 g/mol. The third kappa shape index (κ3) is 3.20. The Kier molecular flexibility index (Phi) is 4.25. The van der Waals surface area contributed by atoms with E-state index in [2.05, 4.69) is 5.32 Å². The Morgan fingerprint density at radius 3 is 2.88 bits per heavy atom. The topological polar surface area (TPSA) is 77.1 Å². The molecule has 0 aromatic carbocycles. The van der Waals surface area contributed by atoms with Crippen molar-refractivity contribution in [3.8, 4) is 0 Å². The van der Waals surface area contributed by atoms with Gasteiger partial charge in [-0.2, -0.15) is 0 Å². The molecule has 5 heteroatoms. The van der Waals surface area contributed by atoms with E-state index in [0.717, 1.165) is 6.42 Å². The zero-order chi connectivity index (χ0) is 12.1. The summed E-state index contributed by atoms with van der Waals surface area (Å²) in [6.45, 7) is 2.37. The molecule has 1 unspecified atom stereocenters. The largest absolute Gasteiger partial charge is 0.350 e. The predicted octanol–water partition coefficient (Wildman–Crippen LogP) is -0.148. The molecule has 0 saturated carbocycles. The minimum Gasteiger partial charge on any atom is -0.350 e. The van der Waals surface area contributed by atoms with Crippen LogP contribution in [0, 0.1) is 0 Å². The first kappa shape index (κ1) is 12.4. The fourth-order valence-corrected chi connectivity index (χ4v) is 1.16. The van der Waals surface area contributed by atoms with Crippen LogP contribution in [0.2, 0.25) is 0 Å². The molecule has 0 aliphatic rings. The molecule has 88 valence electrons. The van der Waals surface area contributed by atoms with Gasteiger partial charge in [-0.1, -0.05) is 6.92 Å². The molecular formula is C11H17N3O2. The third-order valence-electron chi connectivity index (χ3n) is 2.42. The summed E-state index contributed by atoms with van der Waals surface area (Å²) in [5, 5.41) is 2.68. The average Bonchev–Trinajstić information content (AvgIpc) is 2.29. The number of pyridine rings is 1. The van der Waals surface area contributed by atoms with Crippen molar-refractivity contribution in [1.82, 2.24) is 9.88 Å². The number of amides is 1. The number of aryl methyl sites for hydroxylation is 1. The van der Waals surface area contributed by atoms with E-state index >= 15 is 0 Å². The molecule has 0 saturated heterocycles. The number of hydrogen-bond donors (Lipinski definition) is 2. The van der Waals surface area contributed by atoms with Crippen LogP contribution in [-0.4, -0.2) is 23.1 Å². The maximum absolute atomic E-state index is 11.6. The van der Waals surface area contributed by atoms with Crippen molar-refractivity contribution in [1.29, 1.82) is 0 Å².